The average Bonchev–Trinajstić information content (AvgIpc) is 2.88. The van der Waals surface area contributed by atoms with Crippen LogP contribution >= 0.6 is 11.3 Å². The topological polar surface area (TPSA) is 58.4 Å². The van der Waals surface area contributed by atoms with Crippen LogP contribution in [0.4, 0.5) is 4.79 Å². The van der Waals surface area contributed by atoms with Gasteiger partial charge in [-0.25, -0.2) is 4.79 Å². The van der Waals surface area contributed by atoms with E-state index in [0.29, 0.717) is 6.54 Å². The van der Waals surface area contributed by atoms with Crippen LogP contribution in [0.25, 0.3) is 0 Å². The Bertz CT molecular complexity index is 421. The van der Waals surface area contributed by atoms with Crippen LogP contribution < -0.4 is 11.1 Å². The Labute approximate surface area is 105 Å². The highest BCUT2D eigenvalue weighted by atomic mass is 32.1. The summed E-state index contributed by atoms with van der Waals surface area (Å²) in [4.78, 5) is 16.0. The Balaban J connectivity index is 1.87. The number of thiophene rings is 1. The van der Waals surface area contributed by atoms with Crippen LogP contribution in [-0.4, -0.2) is 30.6 Å². The second-order valence-corrected chi connectivity index (χ2v) is 5.87. The van der Waals surface area contributed by atoms with Gasteiger partial charge in [-0.2, -0.15) is 0 Å². The summed E-state index contributed by atoms with van der Waals surface area (Å²) < 4.78 is 0. The first-order valence-corrected chi connectivity index (χ1v) is 6.95. The minimum absolute atomic E-state index is 0.136. The van der Waals surface area contributed by atoms with Gasteiger partial charge >= 0.3 is 6.03 Å². The lowest BCUT2D eigenvalue weighted by molar-refractivity contribution is 0.168. The van der Waals surface area contributed by atoms with Crippen molar-refractivity contribution >= 4 is 17.4 Å². The van der Waals surface area contributed by atoms with Gasteiger partial charge in [-0.15, -0.1) is 11.3 Å². The number of carbonyl (C=O) groups excluding carboxylic acids is 1. The van der Waals surface area contributed by atoms with Crippen LogP contribution in [0.1, 0.15) is 27.8 Å². The predicted molar refractivity (Wildman–Crippen MR) is 68.2 cm³/mol. The van der Waals surface area contributed by atoms with Gasteiger partial charge in [0.1, 0.15) is 0 Å². The van der Waals surface area contributed by atoms with Gasteiger partial charge in [-0.1, -0.05) is 0 Å². The number of aryl methyl sites for hydroxylation is 2. The lowest BCUT2D eigenvalue weighted by Gasteiger charge is -2.34. The lowest BCUT2D eigenvalue weighted by atomic mass is 10.1. The summed E-state index contributed by atoms with van der Waals surface area (Å²) in [6, 6.07) is 2.11. The molecule has 1 aliphatic heterocycles. The fourth-order valence-corrected chi connectivity index (χ4v) is 4.11. The van der Waals surface area contributed by atoms with Crippen LogP contribution in [0, 0.1) is 0 Å². The van der Waals surface area contributed by atoms with Crippen molar-refractivity contribution in [3.63, 3.8) is 0 Å². The van der Waals surface area contributed by atoms with Crippen LogP contribution in [0.2, 0.25) is 0 Å². The number of rotatable bonds is 1. The third kappa shape index (κ3) is 1.93. The Morgan fingerprint density at radius 2 is 2.41 bits per heavy atom. The predicted octanol–water partition coefficient (Wildman–Crippen LogP) is 1.26. The normalized spacial score (nSPS) is 23.8. The number of amides is 2. The van der Waals surface area contributed by atoms with E-state index in [1.807, 2.05) is 11.3 Å². The average molecular weight is 251 g/mol. The minimum atomic E-state index is -0.301. The number of nitrogens with two attached hydrogens (primary N) is 1. The lowest BCUT2D eigenvalue weighted by Crippen LogP contribution is -2.50. The molecule has 3 N–H and O–H groups in total. The molecule has 0 radical (unpaired) electrons. The number of nitrogens with zero attached hydrogens (tertiary/aromatic N) is 1. The van der Waals surface area contributed by atoms with Gasteiger partial charge in [0.05, 0.1) is 6.04 Å². The van der Waals surface area contributed by atoms with E-state index in [0.717, 1.165) is 13.1 Å². The molecule has 1 saturated heterocycles. The number of primary amides is 1. The van der Waals surface area contributed by atoms with Gasteiger partial charge in [0.25, 0.3) is 0 Å². The summed E-state index contributed by atoms with van der Waals surface area (Å²) in [6.45, 7) is 2.37. The van der Waals surface area contributed by atoms with Crippen molar-refractivity contribution in [3.05, 3.63) is 21.4 Å². The van der Waals surface area contributed by atoms with Gasteiger partial charge in [0, 0.05) is 29.4 Å². The maximum absolute atomic E-state index is 11.4. The molecule has 1 aromatic rings. The SMILES string of the molecule is NC(=O)N1CCNCC1c1cc2c(s1)CCC2. The van der Waals surface area contributed by atoms with E-state index in [1.165, 1.54) is 34.6 Å². The maximum atomic E-state index is 11.4. The summed E-state index contributed by atoms with van der Waals surface area (Å²) in [5.74, 6) is 0. The Morgan fingerprint density at radius 1 is 1.53 bits per heavy atom. The third-order valence-corrected chi connectivity index (χ3v) is 4.96. The van der Waals surface area contributed by atoms with Crippen molar-refractivity contribution in [2.75, 3.05) is 19.6 Å². The molecule has 5 heteroatoms. The zero-order valence-electron chi connectivity index (χ0n) is 9.74. The fraction of sp³-hybridized carbons (Fsp3) is 0.583. The first-order valence-electron chi connectivity index (χ1n) is 6.14. The van der Waals surface area contributed by atoms with Gasteiger partial charge in [0.15, 0.2) is 0 Å². The van der Waals surface area contributed by atoms with Crippen molar-refractivity contribution in [1.82, 2.24) is 10.2 Å². The zero-order valence-corrected chi connectivity index (χ0v) is 10.6. The molecule has 0 aromatic carbocycles. The quantitative estimate of drug-likeness (QED) is 0.789. The second kappa shape index (κ2) is 4.31. The van der Waals surface area contributed by atoms with E-state index >= 15 is 0 Å². The van der Waals surface area contributed by atoms with Gasteiger partial charge in [0.2, 0.25) is 0 Å². The highest BCUT2D eigenvalue weighted by molar-refractivity contribution is 7.12. The summed E-state index contributed by atoms with van der Waals surface area (Å²) in [6.07, 6.45) is 3.68. The highest BCUT2D eigenvalue weighted by Crippen LogP contribution is 2.36. The van der Waals surface area contributed by atoms with E-state index in [-0.39, 0.29) is 12.1 Å². The first-order chi connectivity index (χ1) is 8.25. The van der Waals surface area contributed by atoms with Crippen LogP contribution in [0.5, 0.6) is 0 Å². The van der Waals surface area contributed by atoms with E-state index in [1.54, 1.807) is 4.90 Å². The summed E-state index contributed by atoms with van der Waals surface area (Å²) in [7, 11) is 0. The minimum Gasteiger partial charge on any atom is -0.351 e. The number of nitrogens with one attached hydrogen (secondary N) is 1. The first kappa shape index (κ1) is 11.0. The third-order valence-electron chi connectivity index (χ3n) is 3.62. The molecule has 0 saturated carbocycles. The van der Waals surface area contributed by atoms with Gasteiger partial charge in [-0.3, -0.25) is 0 Å². The van der Waals surface area contributed by atoms with E-state index in [2.05, 4.69) is 11.4 Å². The molecule has 3 rings (SSSR count). The number of piperazine rings is 1. The molecule has 17 heavy (non-hydrogen) atoms. The van der Waals surface area contributed by atoms with Crippen molar-refractivity contribution in [1.29, 1.82) is 0 Å². The molecular weight excluding hydrogens is 234 g/mol. The van der Waals surface area contributed by atoms with E-state index in [4.69, 9.17) is 5.73 Å². The molecular formula is C12H17N3OS. The fourth-order valence-electron chi connectivity index (χ4n) is 2.74. The molecule has 1 fully saturated rings. The largest absolute Gasteiger partial charge is 0.351 e. The molecule has 2 amide bonds. The molecule has 1 atom stereocenters. The monoisotopic (exact) mass is 251 g/mol. The smallest absolute Gasteiger partial charge is 0.315 e. The molecule has 1 aliphatic carbocycles. The number of hydrogen-bond donors (Lipinski definition) is 2. The molecule has 4 nitrogen and oxygen atoms in total. The Morgan fingerprint density at radius 3 is 3.18 bits per heavy atom. The van der Waals surface area contributed by atoms with Crippen LogP contribution in [0.15, 0.2) is 6.07 Å². The number of fused-ring (bicyclic) bond motifs is 1. The van der Waals surface area contributed by atoms with Crippen LogP contribution in [0.3, 0.4) is 0 Å². The van der Waals surface area contributed by atoms with Crippen LogP contribution in [-0.2, 0) is 12.8 Å². The van der Waals surface area contributed by atoms with Crippen molar-refractivity contribution in [2.45, 2.75) is 25.3 Å². The van der Waals surface area contributed by atoms with E-state index in [9.17, 15) is 4.79 Å². The molecule has 0 bridgehead atoms. The highest BCUT2D eigenvalue weighted by Gasteiger charge is 2.29. The summed E-state index contributed by atoms with van der Waals surface area (Å²) in [5, 5.41) is 3.34. The molecule has 0 spiro atoms. The molecule has 92 valence electrons. The molecule has 1 aromatic heterocycles. The summed E-state index contributed by atoms with van der Waals surface area (Å²) in [5.41, 5.74) is 6.94. The molecule has 1 unspecified atom stereocenters. The maximum Gasteiger partial charge on any atom is 0.315 e. The molecule has 2 aliphatic rings. The molecule has 2 heterocycles. The van der Waals surface area contributed by atoms with Gasteiger partial charge in [-0.05, 0) is 30.9 Å². The Hall–Kier alpha value is -1.07. The van der Waals surface area contributed by atoms with Gasteiger partial charge < -0.3 is 16.0 Å². The zero-order chi connectivity index (χ0) is 11.8. The number of hydrogen-bond acceptors (Lipinski definition) is 3. The van der Waals surface area contributed by atoms with Crippen molar-refractivity contribution < 1.29 is 4.79 Å². The summed E-state index contributed by atoms with van der Waals surface area (Å²) >= 11 is 1.86. The second-order valence-electron chi connectivity index (χ2n) is 4.70. The van der Waals surface area contributed by atoms with E-state index < -0.39 is 0 Å². The van der Waals surface area contributed by atoms with Crippen molar-refractivity contribution in [3.8, 4) is 0 Å². The standard InChI is InChI=1S/C12H17N3OS/c13-12(16)15-5-4-14-7-9(15)11-6-8-2-1-3-10(8)17-11/h6,9,14H,1-5,7H2,(H2,13,16). The Kier molecular flexibility index (Phi) is 2.80. The number of urea groups is 1. The van der Waals surface area contributed by atoms with Crippen molar-refractivity contribution in [2.24, 2.45) is 5.73 Å². The number of carbonyl (C=O) groups is 1.